The van der Waals surface area contributed by atoms with Gasteiger partial charge in [-0.05, 0) is 60.2 Å². The molecule has 0 heterocycles. The molecule has 0 fully saturated rings. The first-order valence-corrected chi connectivity index (χ1v) is 7.91. The summed E-state index contributed by atoms with van der Waals surface area (Å²) < 4.78 is 15.9. The Bertz CT molecular complexity index is 770. The number of rotatable bonds is 5. The average Bonchev–Trinajstić information content (AvgIpc) is 3.05. The van der Waals surface area contributed by atoms with Gasteiger partial charge in [0.15, 0.2) is 0 Å². The molecule has 5 nitrogen and oxygen atoms in total. The molecule has 0 bridgehead atoms. The molecule has 126 valence electrons. The molecule has 0 saturated carbocycles. The molecule has 0 radical (unpaired) electrons. The van der Waals surface area contributed by atoms with E-state index >= 15 is 0 Å². The number of benzene rings is 2. The van der Waals surface area contributed by atoms with E-state index in [0.717, 1.165) is 18.4 Å². The van der Waals surface area contributed by atoms with Gasteiger partial charge in [0.2, 0.25) is 0 Å². The number of nitrogen functional groups attached to an aromatic ring is 1. The summed E-state index contributed by atoms with van der Waals surface area (Å²) >= 11 is 0. The lowest BCUT2D eigenvalue weighted by molar-refractivity contribution is 0.0597. The van der Waals surface area contributed by atoms with Crippen molar-refractivity contribution in [1.82, 2.24) is 0 Å². The summed E-state index contributed by atoms with van der Waals surface area (Å²) in [5, 5.41) is 0. The highest BCUT2D eigenvalue weighted by molar-refractivity contribution is 5.92. The summed E-state index contributed by atoms with van der Waals surface area (Å²) in [7, 11) is 2.86. The van der Waals surface area contributed by atoms with Crippen molar-refractivity contribution in [1.29, 1.82) is 0 Å². The Morgan fingerprint density at radius 3 is 2.54 bits per heavy atom. The number of anilines is 1. The van der Waals surface area contributed by atoms with Crippen LogP contribution in [0.15, 0.2) is 30.3 Å². The number of esters is 1. The zero-order valence-electron chi connectivity index (χ0n) is 13.9. The zero-order valence-corrected chi connectivity index (χ0v) is 13.9. The van der Waals surface area contributed by atoms with E-state index in [1.165, 1.54) is 31.8 Å². The maximum Gasteiger partial charge on any atom is 0.341 e. The van der Waals surface area contributed by atoms with Crippen LogP contribution < -0.4 is 15.2 Å². The van der Waals surface area contributed by atoms with Gasteiger partial charge in [0.1, 0.15) is 23.7 Å². The van der Waals surface area contributed by atoms with Gasteiger partial charge in [-0.2, -0.15) is 0 Å². The molecular weight excluding hydrogens is 306 g/mol. The average molecular weight is 327 g/mol. The van der Waals surface area contributed by atoms with E-state index in [0.29, 0.717) is 29.4 Å². The standard InChI is InChI=1S/C19H21NO4/c1-22-17-8-12(6-7-15(17)19(21)23-2)11-24-18-10-14-5-3-4-13(14)9-16(18)20/h6-10H,3-5,11,20H2,1-2H3. The summed E-state index contributed by atoms with van der Waals surface area (Å²) in [4.78, 5) is 11.7. The first-order valence-electron chi connectivity index (χ1n) is 7.91. The number of nitrogens with two attached hydrogens (primary N) is 1. The molecule has 0 spiro atoms. The number of hydrogen-bond acceptors (Lipinski definition) is 5. The summed E-state index contributed by atoms with van der Waals surface area (Å²) in [5.41, 5.74) is 10.7. The van der Waals surface area contributed by atoms with Crippen LogP contribution in [0.3, 0.4) is 0 Å². The van der Waals surface area contributed by atoms with Gasteiger partial charge < -0.3 is 19.9 Å². The monoisotopic (exact) mass is 327 g/mol. The lowest BCUT2D eigenvalue weighted by Gasteiger charge is -2.13. The predicted octanol–water partition coefficient (Wildman–Crippen LogP) is 3.13. The maximum atomic E-state index is 11.7. The second kappa shape index (κ2) is 6.83. The van der Waals surface area contributed by atoms with E-state index in [9.17, 15) is 4.79 Å². The first kappa shape index (κ1) is 16.2. The van der Waals surface area contributed by atoms with E-state index in [2.05, 4.69) is 0 Å². The molecule has 5 heteroatoms. The van der Waals surface area contributed by atoms with Crippen LogP contribution in [0.25, 0.3) is 0 Å². The van der Waals surface area contributed by atoms with Gasteiger partial charge in [-0.15, -0.1) is 0 Å². The van der Waals surface area contributed by atoms with Crippen LogP contribution in [0.5, 0.6) is 11.5 Å². The third kappa shape index (κ3) is 3.15. The van der Waals surface area contributed by atoms with Crippen LogP contribution in [0, 0.1) is 0 Å². The van der Waals surface area contributed by atoms with Gasteiger partial charge in [0, 0.05) is 0 Å². The molecule has 1 aliphatic rings. The van der Waals surface area contributed by atoms with Gasteiger partial charge >= 0.3 is 5.97 Å². The largest absolute Gasteiger partial charge is 0.496 e. The molecular formula is C19H21NO4. The Morgan fingerprint density at radius 2 is 1.83 bits per heavy atom. The van der Waals surface area contributed by atoms with Crippen molar-refractivity contribution in [3.8, 4) is 11.5 Å². The molecule has 2 aromatic rings. The van der Waals surface area contributed by atoms with Crippen molar-refractivity contribution < 1.29 is 19.0 Å². The van der Waals surface area contributed by atoms with Gasteiger partial charge in [-0.1, -0.05) is 6.07 Å². The van der Waals surface area contributed by atoms with Crippen molar-refractivity contribution >= 4 is 11.7 Å². The van der Waals surface area contributed by atoms with E-state index in [4.69, 9.17) is 19.9 Å². The fourth-order valence-corrected chi connectivity index (χ4v) is 3.01. The van der Waals surface area contributed by atoms with Crippen LogP contribution in [-0.2, 0) is 24.2 Å². The molecule has 0 aromatic heterocycles. The van der Waals surface area contributed by atoms with Crippen LogP contribution in [0.4, 0.5) is 5.69 Å². The molecule has 3 rings (SSSR count). The van der Waals surface area contributed by atoms with E-state index in [-0.39, 0.29) is 0 Å². The minimum absolute atomic E-state index is 0.348. The Kier molecular flexibility index (Phi) is 4.60. The zero-order chi connectivity index (χ0) is 17.1. The molecule has 0 amide bonds. The first-order chi connectivity index (χ1) is 11.6. The number of fused-ring (bicyclic) bond motifs is 1. The molecule has 0 atom stereocenters. The molecule has 0 saturated heterocycles. The summed E-state index contributed by atoms with van der Waals surface area (Å²) in [6, 6.07) is 9.32. The second-order valence-electron chi connectivity index (χ2n) is 5.83. The van der Waals surface area contributed by atoms with E-state index in [1.54, 1.807) is 12.1 Å². The minimum Gasteiger partial charge on any atom is -0.496 e. The third-order valence-electron chi connectivity index (χ3n) is 4.29. The highest BCUT2D eigenvalue weighted by Gasteiger charge is 2.16. The SMILES string of the molecule is COC(=O)c1ccc(COc2cc3c(cc2N)CCC3)cc1OC. The highest BCUT2D eigenvalue weighted by Crippen LogP contribution is 2.32. The summed E-state index contributed by atoms with van der Waals surface area (Å²) in [5.74, 6) is 0.735. The minimum atomic E-state index is -0.429. The van der Waals surface area contributed by atoms with Gasteiger partial charge in [-0.25, -0.2) is 4.79 Å². The number of carbonyl (C=O) groups excluding carboxylic acids is 1. The second-order valence-corrected chi connectivity index (χ2v) is 5.83. The van der Waals surface area contributed by atoms with Gasteiger partial charge in [0.05, 0.1) is 19.9 Å². The topological polar surface area (TPSA) is 70.8 Å². The van der Waals surface area contributed by atoms with E-state index in [1.807, 2.05) is 18.2 Å². The normalized spacial score (nSPS) is 12.6. The Hall–Kier alpha value is -2.69. The van der Waals surface area contributed by atoms with Crippen molar-refractivity contribution in [2.45, 2.75) is 25.9 Å². The maximum absolute atomic E-state index is 11.7. The Labute approximate surface area is 141 Å². The highest BCUT2D eigenvalue weighted by atomic mass is 16.5. The van der Waals surface area contributed by atoms with Crippen LogP contribution in [-0.4, -0.2) is 20.2 Å². The van der Waals surface area contributed by atoms with Crippen molar-refractivity contribution in [2.75, 3.05) is 20.0 Å². The van der Waals surface area contributed by atoms with Crippen molar-refractivity contribution in [3.05, 3.63) is 52.6 Å². The molecule has 1 aliphatic carbocycles. The van der Waals surface area contributed by atoms with Crippen molar-refractivity contribution in [2.24, 2.45) is 0 Å². The smallest absolute Gasteiger partial charge is 0.341 e. The van der Waals surface area contributed by atoms with Gasteiger partial charge in [0.25, 0.3) is 0 Å². The lowest BCUT2D eigenvalue weighted by atomic mass is 10.1. The molecule has 0 unspecified atom stereocenters. The number of ether oxygens (including phenoxy) is 3. The molecule has 2 aromatic carbocycles. The quantitative estimate of drug-likeness (QED) is 0.675. The molecule has 24 heavy (non-hydrogen) atoms. The Morgan fingerprint density at radius 1 is 1.08 bits per heavy atom. The Balaban J connectivity index is 1.76. The number of methoxy groups -OCH3 is 2. The molecule has 2 N–H and O–H groups in total. The fourth-order valence-electron chi connectivity index (χ4n) is 3.01. The lowest BCUT2D eigenvalue weighted by Crippen LogP contribution is -2.06. The predicted molar refractivity (Wildman–Crippen MR) is 91.5 cm³/mol. The number of hydrogen-bond donors (Lipinski definition) is 1. The van der Waals surface area contributed by atoms with Gasteiger partial charge in [-0.3, -0.25) is 0 Å². The number of aryl methyl sites for hydroxylation is 2. The summed E-state index contributed by atoms with van der Waals surface area (Å²) in [6.07, 6.45) is 3.34. The van der Waals surface area contributed by atoms with Crippen LogP contribution in [0.1, 0.15) is 33.5 Å². The number of carbonyl (C=O) groups is 1. The van der Waals surface area contributed by atoms with E-state index < -0.39 is 5.97 Å². The fraction of sp³-hybridized carbons (Fsp3) is 0.316. The summed E-state index contributed by atoms with van der Waals surface area (Å²) in [6.45, 7) is 0.348. The van der Waals surface area contributed by atoms with Crippen LogP contribution >= 0.6 is 0 Å². The van der Waals surface area contributed by atoms with Crippen molar-refractivity contribution in [3.63, 3.8) is 0 Å². The molecule has 0 aliphatic heterocycles. The third-order valence-corrected chi connectivity index (χ3v) is 4.29. The van der Waals surface area contributed by atoms with Crippen LogP contribution in [0.2, 0.25) is 0 Å².